The molecule has 0 bridgehead atoms. The molecule has 3 atom stereocenters. The topological polar surface area (TPSA) is 69.7 Å². The highest BCUT2D eigenvalue weighted by atomic mass is 16.2. The summed E-state index contributed by atoms with van der Waals surface area (Å²) in [6.45, 7) is 2.33. The molecule has 0 aliphatic carbocycles. The van der Waals surface area contributed by atoms with Gasteiger partial charge in [0.1, 0.15) is 5.54 Å². The molecule has 0 unspecified atom stereocenters. The second kappa shape index (κ2) is 6.77. The fraction of sp³-hybridized carbons (Fsp3) is 0.375. The number of nitrogens with one attached hydrogen (secondary N) is 1. The lowest BCUT2D eigenvalue weighted by Gasteiger charge is -2.37. The molecule has 30 heavy (non-hydrogen) atoms. The van der Waals surface area contributed by atoms with E-state index in [4.69, 9.17) is 0 Å². The van der Waals surface area contributed by atoms with Gasteiger partial charge in [0.25, 0.3) is 5.91 Å². The van der Waals surface area contributed by atoms with Crippen LogP contribution in [-0.4, -0.2) is 42.1 Å². The van der Waals surface area contributed by atoms with Gasteiger partial charge in [-0.15, -0.1) is 0 Å². The molecule has 0 saturated carbocycles. The summed E-state index contributed by atoms with van der Waals surface area (Å²) in [5.74, 6) is -0.720. The number of hydrogen-bond donors (Lipinski definition) is 1. The van der Waals surface area contributed by atoms with Crippen molar-refractivity contribution in [1.29, 1.82) is 0 Å². The van der Waals surface area contributed by atoms with E-state index in [1.165, 1.54) is 6.92 Å². The first-order valence-electron chi connectivity index (χ1n) is 10.5. The first kappa shape index (κ1) is 19.0. The van der Waals surface area contributed by atoms with Crippen LogP contribution in [0.1, 0.15) is 42.1 Å². The molecular formula is C24H25N3O3. The molecule has 5 rings (SSSR count). The van der Waals surface area contributed by atoms with Gasteiger partial charge in [-0.25, -0.2) is 0 Å². The molecule has 2 aromatic rings. The van der Waals surface area contributed by atoms with E-state index in [1.807, 2.05) is 24.3 Å². The quantitative estimate of drug-likeness (QED) is 0.799. The van der Waals surface area contributed by atoms with Gasteiger partial charge < -0.3 is 10.2 Å². The van der Waals surface area contributed by atoms with Crippen LogP contribution in [0.25, 0.3) is 0 Å². The lowest BCUT2D eigenvalue weighted by Crippen LogP contribution is -2.55. The van der Waals surface area contributed by atoms with Gasteiger partial charge in [-0.05, 0) is 50.9 Å². The molecule has 6 nitrogen and oxygen atoms in total. The third-order valence-electron chi connectivity index (χ3n) is 7.00. The minimum absolute atomic E-state index is 0.0225. The van der Waals surface area contributed by atoms with Crippen LogP contribution in [0, 0.1) is 5.92 Å². The van der Waals surface area contributed by atoms with Crippen LogP contribution < -0.4 is 10.2 Å². The normalized spacial score (nSPS) is 27.4. The van der Waals surface area contributed by atoms with Gasteiger partial charge in [0.15, 0.2) is 5.78 Å². The van der Waals surface area contributed by atoms with Crippen molar-refractivity contribution >= 4 is 29.0 Å². The van der Waals surface area contributed by atoms with Crippen molar-refractivity contribution in [3.05, 3.63) is 59.7 Å². The predicted octanol–water partition coefficient (Wildman–Crippen LogP) is 3.18. The molecule has 1 spiro atoms. The number of anilines is 2. The maximum absolute atomic E-state index is 13.7. The Morgan fingerprint density at radius 2 is 1.93 bits per heavy atom. The van der Waals surface area contributed by atoms with Gasteiger partial charge in [0.05, 0.1) is 5.92 Å². The van der Waals surface area contributed by atoms with Crippen molar-refractivity contribution in [3.8, 4) is 0 Å². The molecular weight excluding hydrogens is 378 g/mol. The average Bonchev–Trinajstić information content (AvgIpc) is 3.38. The number of fused-ring (bicyclic) bond motifs is 4. The van der Waals surface area contributed by atoms with Gasteiger partial charge in [-0.3, -0.25) is 19.3 Å². The lowest BCUT2D eigenvalue weighted by molar-refractivity contribution is -0.136. The number of benzene rings is 2. The fourth-order valence-electron chi connectivity index (χ4n) is 5.71. The number of carbonyl (C=O) groups is 3. The van der Waals surface area contributed by atoms with Crippen molar-refractivity contribution in [2.75, 3.05) is 23.8 Å². The molecule has 0 radical (unpaired) electrons. The number of rotatable bonds is 3. The maximum Gasteiger partial charge on any atom is 0.252 e. The summed E-state index contributed by atoms with van der Waals surface area (Å²) in [6.07, 6.45) is 2.71. The standard InChI is InChI=1S/C24H25N3O3/c1-15(28)16-7-5-8-17(13-16)25-22(29)20-14-18-9-6-12-27(18)24(20)19-10-3-4-11-21(19)26(2)23(24)30/h3-5,7-8,10-11,13,18,20H,6,9,12,14H2,1-2H3,(H,25,29)/t18-,20+,24-/m1/s1. The minimum atomic E-state index is -0.950. The molecule has 2 aromatic carbocycles. The van der Waals surface area contributed by atoms with E-state index in [0.29, 0.717) is 17.7 Å². The van der Waals surface area contributed by atoms with E-state index >= 15 is 0 Å². The summed E-state index contributed by atoms with van der Waals surface area (Å²) in [5, 5.41) is 3.00. The monoisotopic (exact) mass is 403 g/mol. The average molecular weight is 403 g/mol. The zero-order valence-corrected chi connectivity index (χ0v) is 17.2. The molecule has 154 valence electrons. The lowest BCUT2D eigenvalue weighted by atomic mass is 9.78. The number of likely N-dealkylation sites (N-methyl/N-ethyl adjacent to an activating group) is 1. The van der Waals surface area contributed by atoms with Crippen LogP contribution in [0.5, 0.6) is 0 Å². The van der Waals surface area contributed by atoms with Crippen LogP contribution in [0.4, 0.5) is 11.4 Å². The molecule has 0 aromatic heterocycles. The van der Waals surface area contributed by atoms with E-state index in [9.17, 15) is 14.4 Å². The van der Waals surface area contributed by atoms with Crippen LogP contribution >= 0.6 is 0 Å². The Morgan fingerprint density at radius 3 is 2.73 bits per heavy atom. The van der Waals surface area contributed by atoms with Gasteiger partial charge in [-0.2, -0.15) is 0 Å². The summed E-state index contributed by atoms with van der Waals surface area (Å²) in [6, 6.07) is 15.0. The summed E-state index contributed by atoms with van der Waals surface area (Å²) < 4.78 is 0. The number of para-hydroxylation sites is 1. The Hall–Kier alpha value is -2.99. The molecule has 3 aliphatic heterocycles. The Morgan fingerprint density at radius 1 is 1.13 bits per heavy atom. The van der Waals surface area contributed by atoms with Crippen LogP contribution in [0.15, 0.2) is 48.5 Å². The Kier molecular flexibility index (Phi) is 4.29. The number of hydrogen-bond acceptors (Lipinski definition) is 4. The number of ketones is 1. The zero-order chi connectivity index (χ0) is 21.0. The van der Waals surface area contributed by atoms with Gasteiger partial charge in [0.2, 0.25) is 5.91 Å². The largest absolute Gasteiger partial charge is 0.326 e. The van der Waals surface area contributed by atoms with E-state index in [2.05, 4.69) is 10.2 Å². The Bertz CT molecular complexity index is 1070. The Labute approximate surface area is 175 Å². The van der Waals surface area contributed by atoms with E-state index in [1.54, 1.807) is 36.2 Å². The zero-order valence-electron chi connectivity index (χ0n) is 17.2. The number of Topliss-reactive ketones (excluding diaryl/α,β-unsaturated/α-hetero) is 1. The first-order chi connectivity index (χ1) is 14.4. The molecule has 1 N–H and O–H groups in total. The van der Waals surface area contributed by atoms with Crippen molar-refractivity contribution < 1.29 is 14.4 Å². The van der Waals surface area contributed by atoms with Gasteiger partial charge in [0, 0.05) is 35.6 Å². The van der Waals surface area contributed by atoms with E-state index < -0.39 is 11.5 Å². The molecule has 6 heteroatoms. The first-order valence-corrected chi connectivity index (χ1v) is 10.5. The van der Waals surface area contributed by atoms with Crippen molar-refractivity contribution in [1.82, 2.24) is 4.90 Å². The highest BCUT2D eigenvalue weighted by Gasteiger charge is 2.66. The van der Waals surface area contributed by atoms with Crippen molar-refractivity contribution in [2.45, 2.75) is 37.8 Å². The third kappa shape index (κ3) is 2.50. The fourth-order valence-corrected chi connectivity index (χ4v) is 5.71. The van der Waals surface area contributed by atoms with Crippen LogP contribution in [-0.2, 0) is 15.1 Å². The second-order valence-corrected chi connectivity index (χ2v) is 8.55. The summed E-state index contributed by atoms with van der Waals surface area (Å²) in [7, 11) is 1.80. The predicted molar refractivity (Wildman–Crippen MR) is 114 cm³/mol. The van der Waals surface area contributed by atoms with Crippen LogP contribution in [0.3, 0.4) is 0 Å². The number of carbonyl (C=O) groups excluding carboxylic acids is 3. The third-order valence-corrected chi connectivity index (χ3v) is 7.00. The minimum Gasteiger partial charge on any atom is -0.326 e. The molecule has 2 saturated heterocycles. The summed E-state index contributed by atoms with van der Waals surface area (Å²) in [4.78, 5) is 43.0. The van der Waals surface area contributed by atoms with E-state index in [-0.39, 0.29) is 23.6 Å². The number of amides is 2. The highest BCUT2D eigenvalue weighted by Crippen LogP contribution is 2.56. The van der Waals surface area contributed by atoms with E-state index in [0.717, 1.165) is 30.6 Å². The summed E-state index contributed by atoms with van der Waals surface area (Å²) >= 11 is 0. The maximum atomic E-state index is 13.7. The second-order valence-electron chi connectivity index (χ2n) is 8.55. The molecule has 3 aliphatic rings. The number of nitrogens with zero attached hydrogens (tertiary/aromatic N) is 2. The molecule has 2 amide bonds. The smallest absolute Gasteiger partial charge is 0.252 e. The van der Waals surface area contributed by atoms with Gasteiger partial charge >= 0.3 is 0 Å². The SMILES string of the molecule is CC(=O)c1cccc(NC(=O)[C@@H]2C[C@H]3CCCN3[C@@]23C(=O)N(C)c2ccccc23)c1. The van der Waals surface area contributed by atoms with Crippen molar-refractivity contribution in [2.24, 2.45) is 5.92 Å². The molecule has 2 fully saturated rings. The highest BCUT2D eigenvalue weighted by molar-refractivity contribution is 6.12. The van der Waals surface area contributed by atoms with Crippen LogP contribution in [0.2, 0.25) is 0 Å². The Balaban J connectivity index is 1.56. The summed E-state index contributed by atoms with van der Waals surface area (Å²) in [5.41, 5.74) is 2.00. The van der Waals surface area contributed by atoms with Gasteiger partial charge in [-0.1, -0.05) is 30.3 Å². The van der Waals surface area contributed by atoms with Crippen molar-refractivity contribution in [3.63, 3.8) is 0 Å². The molecule has 3 heterocycles.